The van der Waals surface area contributed by atoms with Gasteiger partial charge in [0.15, 0.2) is 0 Å². The van der Waals surface area contributed by atoms with E-state index in [1.54, 1.807) is 13.0 Å². The first-order valence-corrected chi connectivity index (χ1v) is 6.21. The molecule has 1 amide bonds. The van der Waals surface area contributed by atoms with Crippen molar-refractivity contribution >= 4 is 11.9 Å². The molecule has 0 aliphatic carbocycles. The second-order valence-electron chi connectivity index (χ2n) is 4.81. The molecule has 2 heterocycles. The minimum Gasteiger partial charge on any atom is -0.481 e. The Labute approximate surface area is 110 Å². The van der Waals surface area contributed by atoms with E-state index < -0.39 is 23.4 Å². The van der Waals surface area contributed by atoms with Gasteiger partial charge < -0.3 is 15.0 Å². The number of hydrogen-bond donors (Lipinski definition) is 2. The van der Waals surface area contributed by atoms with Crippen LogP contribution in [0.5, 0.6) is 0 Å². The van der Waals surface area contributed by atoms with E-state index >= 15 is 0 Å². The molecule has 102 valence electrons. The number of H-pyrrole nitrogens is 1. The van der Waals surface area contributed by atoms with Gasteiger partial charge >= 0.3 is 5.97 Å². The van der Waals surface area contributed by atoms with Gasteiger partial charge in [0.1, 0.15) is 5.56 Å². The predicted molar refractivity (Wildman–Crippen MR) is 68.1 cm³/mol. The van der Waals surface area contributed by atoms with E-state index in [1.807, 2.05) is 0 Å². The van der Waals surface area contributed by atoms with Gasteiger partial charge in [0, 0.05) is 18.8 Å². The summed E-state index contributed by atoms with van der Waals surface area (Å²) in [5, 5.41) is 8.99. The van der Waals surface area contributed by atoms with Crippen molar-refractivity contribution in [3.63, 3.8) is 0 Å². The van der Waals surface area contributed by atoms with Gasteiger partial charge in [-0.2, -0.15) is 0 Å². The average Bonchev–Trinajstić information content (AvgIpc) is 2.38. The smallest absolute Gasteiger partial charge is 0.308 e. The lowest BCUT2D eigenvalue weighted by molar-refractivity contribution is -0.143. The minimum absolute atomic E-state index is 0.0663. The molecule has 0 aromatic carbocycles. The van der Waals surface area contributed by atoms with Crippen molar-refractivity contribution in [2.75, 3.05) is 13.1 Å². The molecule has 19 heavy (non-hydrogen) atoms. The van der Waals surface area contributed by atoms with Gasteiger partial charge in [-0.3, -0.25) is 14.4 Å². The number of aliphatic carboxylic acids is 1. The van der Waals surface area contributed by atoms with Crippen molar-refractivity contribution in [3.05, 3.63) is 33.7 Å². The van der Waals surface area contributed by atoms with E-state index in [0.29, 0.717) is 25.1 Å². The summed E-state index contributed by atoms with van der Waals surface area (Å²) in [7, 11) is 0. The van der Waals surface area contributed by atoms with Crippen LogP contribution in [0.15, 0.2) is 16.9 Å². The van der Waals surface area contributed by atoms with Crippen LogP contribution in [-0.4, -0.2) is 40.0 Å². The molecule has 1 aliphatic heterocycles. The van der Waals surface area contributed by atoms with Gasteiger partial charge in [0.2, 0.25) is 0 Å². The molecule has 1 aliphatic rings. The van der Waals surface area contributed by atoms with E-state index in [-0.39, 0.29) is 12.1 Å². The van der Waals surface area contributed by atoms with Crippen LogP contribution < -0.4 is 5.56 Å². The van der Waals surface area contributed by atoms with Gasteiger partial charge in [-0.25, -0.2) is 0 Å². The lowest BCUT2D eigenvalue weighted by Crippen LogP contribution is -2.43. The number of rotatable bonds is 2. The zero-order valence-corrected chi connectivity index (χ0v) is 10.7. The zero-order valence-electron chi connectivity index (χ0n) is 10.7. The van der Waals surface area contributed by atoms with Crippen LogP contribution in [0.4, 0.5) is 0 Å². The Morgan fingerprint density at radius 1 is 1.42 bits per heavy atom. The van der Waals surface area contributed by atoms with Crippen molar-refractivity contribution in [2.24, 2.45) is 5.92 Å². The molecule has 0 radical (unpaired) electrons. The number of carboxylic acids is 1. The monoisotopic (exact) mass is 264 g/mol. The van der Waals surface area contributed by atoms with E-state index in [4.69, 9.17) is 5.11 Å². The van der Waals surface area contributed by atoms with Crippen LogP contribution in [0.3, 0.4) is 0 Å². The van der Waals surface area contributed by atoms with Crippen LogP contribution in [-0.2, 0) is 4.79 Å². The summed E-state index contributed by atoms with van der Waals surface area (Å²) in [6.07, 6.45) is 1.22. The molecule has 2 N–H and O–H groups in total. The number of amides is 1. The number of aryl methyl sites for hydroxylation is 1. The summed E-state index contributed by atoms with van der Waals surface area (Å²) >= 11 is 0. The average molecular weight is 264 g/mol. The summed E-state index contributed by atoms with van der Waals surface area (Å²) < 4.78 is 0. The Hall–Kier alpha value is -2.11. The molecular formula is C13H16N2O4. The number of aromatic amines is 1. The molecule has 1 fully saturated rings. The lowest BCUT2D eigenvalue weighted by Gasteiger charge is -2.30. The van der Waals surface area contributed by atoms with Crippen LogP contribution in [0.25, 0.3) is 0 Å². The number of carbonyl (C=O) groups excluding carboxylic acids is 1. The molecule has 0 spiro atoms. The summed E-state index contributed by atoms with van der Waals surface area (Å²) in [5.74, 6) is -1.83. The molecule has 1 atom stereocenters. The highest BCUT2D eigenvalue weighted by atomic mass is 16.4. The highest BCUT2D eigenvalue weighted by molar-refractivity contribution is 5.94. The molecular weight excluding hydrogens is 248 g/mol. The Morgan fingerprint density at radius 2 is 2.16 bits per heavy atom. The molecule has 1 aromatic rings. The van der Waals surface area contributed by atoms with Crippen LogP contribution in [0, 0.1) is 12.8 Å². The van der Waals surface area contributed by atoms with Crippen LogP contribution in [0.2, 0.25) is 0 Å². The van der Waals surface area contributed by atoms with Crippen molar-refractivity contribution in [1.82, 2.24) is 9.88 Å². The molecule has 1 saturated heterocycles. The van der Waals surface area contributed by atoms with E-state index in [1.165, 1.54) is 11.0 Å². The second kappa shape index (κ2) is 5.26. The fourth-order valence-corrected chi connectivity index (χ4v) is 2.27. The summed E-state index contributed by atoms with van der Waals surface area (Å²) in [6.45, 7) is 2.40. The van der Waals surface area contributed by atoms with Gasteiger partial charge in [-0.15, -0.1) is 0 Å². The molecule has 0 bridgehead atoms. The quantitative estimate of drug-likeness (QED) is 0.819. The topological polar surface area (TPSA) is 90.5 Å². The first kappa shape index (κ1) is 13.3. The van der Waals surface area contributed by atoms with Crippen molar-refractivity contribution < 1.29 is 14.7 Å². The van der Waals surface area contributed by atoms with Crippen molar-refractivity contribution in [1.29, 1.82) is 0 Å². The minimum atomic E-state index is -0.893. The lowest BCUT2D eigenvalue weighted by atomic mass is 9.98. The number of nitrogens with one attached hydrogen (secondary N) is 1. The molecule has 0 saturated carbocycles. The summed E-state index contributed by atoms with van der Waals surface area (Å²) in [4.78, 5) is 38.9. The normalized spacial score (nSPS) is 19.2. The fourth-order valence-electron chi connectivity index (χ4n) is 2.27. The van der Waals surface area contributed by atoms with E-state index in [2.05, 4.69) is 4.98 Å². The SMILES string of the molecule is Cc1ccc(C(=O)N2CCC[C@H](C(=O)O)C2)c(=O)[nH]1. The maximum absolute atomic E-state index is 12.2. The Kier molecular flexibility index (Phi) is 3.69. The number of aromatic nitrogens is 1. The molecule has 0 unspecified atom stereocenters. The maximum Gasteiger partial charge on any atom is 0.308 e. The first-order chi connectivity index (χ1) is 8.99. The number of carbonyl (C=O) groups is 2. The standard InChI is InChI=1S/C13H16N2O4/c1-8-4-5-10(11(16)14-8)12(17)15-6-2-3-9(7-15)13(18)19/h4-5,9H,2-3,6-7H2,1H3,(H,14,16)(H,18,19)/t9-/m0/s1. The summed E-state index contributed by atoms with van der Waals surface area (Å²) in [6, 6.07) is 3.15. The number of pyridine rings is 1. The van der Waals surface area contributed by atoms with E-state index in [0.717, 1.165) is 0 Å². The third-order valence-electron chi connectivity index (χ3n) is 3.34. The fraction of sp³-hybridized carbons (Fsp3) is 0.462. The van der Waals surface area contributed by atoms with Gasteiger partial charge in [0.25, 0.3) is 11.5 Å². The first-order valence-electron chi connectivity index (χ1n) is 6.21. The largest absolute Gasteiger partial charge is 0.481 e. The Morgan fingerprint density at radius 3 is 2.79 bits per heavy atom. The maximum atomic E-state index is 12.2. The molecule has 6 nitrogen and oxygen atoms in total. The molecule has 6 heteroatoms. The number of nitrogens with zero attached hydrogens (tertiary/aromatic N) is 1. The van der Waals surface area contributed by atoms with Gasteiger partial charge in [0.05, 0.1) is 5.92 Å². The summed E-state index contributed by atoms with van der Waals surface area (Å²) in [5.41, 5.74) is 0.322. The zero-order chi connectivity index (χ0) is 14.0. The molecule has 1 aromatic heterocycles. The Balaban J connectivity index is 2.19. The van der Waals surface area contributed by atoms with Gasteiger partial charge in [-0.1, -0.05) is 0 Å². The number of carboxylic acid groups (broad SMARTS) is 1. The second-order valence-corrected chi connectivity index (χ2v) is 4.81. The van der Waals surface area contributed by atoms with Crippen LogP contribution >= 0.6 is 0 Å². The number of hydrogen-bond acceptors (Lipinski definition) is 3. The van der Waals surface area contributed by atoms with E-state index in [9.17, 15) is 14.4 Å². The number of likely N-dealkylation sites (tertiary alicyclic amines) is 1. The third kappa shape index (κ3) is 2.83. The number of piperidine rings is 1. The Bertz CT molecular complexity index is 564. The third-order valence-corrected chi connectivity index (χ3v) is 3.34. The molecule has 2 rings (SSSR count). The van der Waals surface area contributed by atoms with Crippen molar-refractivity contribution in [3.8, 4) is 0 Å². The highest BCUT2D eigenvalue weighted by Crippen LogP contribution is 2.18. The van der Waals surface area contributed by atoms with Crippen LogP contribution in [0.1, 0.15) is 28.9 Å². The highest BCUT2D eigenvalue weighted by Gasteiger charge is 2.29. The predicted octanol–water partition coefficient (Wildman–Crippen LogP) is 0.620. The van der Waals surface area contributed by atoms with Gasteiger partial charge in [-0.05, 0) is 31.9 Å². The van der Waals surface area contributed by atoms with Crippen molar-refractivity contribution in [2.45, 2.75) is 19.8 Å².